The minimum Gasteiger partial charge on any atom is -0.325 e. The lowest BCUT2D eigenvalue weighted by Crippen LogP contribution is -2.47. The van der Waals surface area contributed by atoms with E-state index in [4.69, 9.17) is 0 Å². The Morgan fingerprint density at radius 3 is 2.42 bits per heavy atom. The Morgan fingerprint density at radius 1 is 1.42 bits per heavy atom. The molecule has 0 aromatic heterocycles. The molecule has 1 saturated heterocycles. The molecule has 0 radical (unpaired) electrons. The van der Waals surface area contributed by atoms with E-state index < -0.39 is 0 Å². The van der Waals surface area contributed by atoms with E-state index in [1.165, 1.54) is 0 Å². The summed E-state index contributed by atoms with van der Waals surface area (Å²) in [5, 5.41) is 3.58. The average Bonchev–Trinajstić information content (AvgIpc) is 2.95. The van der Waals surface area contributed by atoms with Crippen molar-refractivity contribution in [2.75, 3.05) is 27.2 Å². The second-order valence-electron chi connectivity index (χ2n) is 7.75. The van der Waals surface area contributed by atoms with Gasteiger partial charge in [0.25, 0.3) is 0 Å². The fraction of sp³-hybridized carbons (Fsp3) is 0.933. The van der Waals surface area contributed by atoms with Crippen LogP contribution in [0.2, 0.25) is 0 Å². The Balaban J connectivity index is 2.10. The monoisotopic (exact) mass is 267 g/mol. The lowest BCUT2D eigenvalue weighted by molar-refractivity contribution is -0.132. The van der Waals surface area contributed by atoms with Gasteiger partial charge in [-0.3, -0.25) is 10.1 Å². The molecule has 2 aliphatic rings. The van der Waals surface area contributed by atoms with Crippen LogP contribution in [0, 0.1) is 11.3 Å². The summed E-state index contributed by atoms with van der Waals surface area (Å²) >= 11 is 0. The third kappa shape index (κ3) is 2.95. The molecule has 0 bridgehead atoms. The molecule has 19 heavy (non-hydrogen) atoms. The SMILES string of the molecule is CC(C)C1NC2(CC2)C(=O)N1CC(C)(C)CN(C)C. The second-order valence-corrected chi connectivity index (χ2v) is 7.75. The van der Waals surface area contributed by atoms with Crippen LogP contribution in [0.5, 0.6) is 0 Å². The largest absolute Gasteiger partial charge is 0.325 e. The van der Waals surface area contributed by atoms with Gasteiger partial charge in [-0.1, -0.05) is 27.7 Å². The Kier molecular flexibility index (Phi) is 3.69. The van der Waals surface area contributed by atoms with Crippen LogP contribution in [-0.2, 0) is 4.79 Å². The van der Waals surface area contributed by atoms with Crippen molar-refractivity contribution < 1.29 is 4.79 Å². The van der Waals surface area contributed by atoms with Crippen molar-refractivity contribution in [3.8, 4) is 0 Å². The summed E-state index contributed by atoms with van der Waals surface area (Å²) in [6, 6.07) is 0. The molecule has 110 valence electrons. The maximum absolute atomic E-state index is 12.6. The molecule has 1 unspecified atom stereocenters. The summed E-state index contributed by atoms with van der Waals surface area (Å²) in [4.78, 5) is 16.9. The van der Waals surface area contributed by atoms with E-state index in [-0.39, 0.29) is 17.1 Å². The van der Waals surface area contributed by atoms with Crippen molar-refractivity contribution in [1.82, 2.24) is 15.1 Å². The van der Waals surface area contributed by atoms with Crippen molar-refractivity contribution in [2.45, 2.75) is 52.2 Å². The first-order valence-electron chi connectivity index (χ1n) is 7.40. The average molecular weight is 267 g/mol. The Bertz CT molecular complexity index is 358. The van der Waals surface area contributed by atoms with Gasteiger partial charge in [-0.05, 0) is 38.3 Å². The highest BCUT2D eigenvalue weighted by Crippen LogP contribution is 2.44. The number of carbonyl (C=O) groups is 1. The van der Waals surface area contributed by atoms with Crippen molar-refractivity contribution in [3.05, 3.63) is 0 Å². The Labute approximate surface area is 117 Å². The number of rotatable bonds is 5. The topological polar surface area (TPSA) is 35.6 Å². The Hall–Kier alpha value is -0.610. The normalized spacial score (nSPS) is 26.0. The van der Waals surface area contributed by atoms with Gasteiger partial charge in [0, 0.05) is 13.1 Å². The molecule has 1 aliphatic heterocycles. The standard InChI is InChI=1S/C15H29N3O/c1-11(2)12-16-15(7-8-15)13(19)18(12)10-14(3,4)9-17(5)6/h11-12,16H,7-10H2,1-6H3. The minimum atomic E-state index is -0.191. The fourth-order valence-electron chi connectivity index (χ4n) is 3.37. The van der Waals surface area contributed by atoms with Crippen LogP contribution in [0.4, 0.5) is 0 Å². The van der Waals surface area contributed by atoms with Gasteiger partial charge >= 0.3 is 0 Å². The molecule has 1 N–H and O–H groups in total. The molecule has 2 rings (SSSR count). The molecular formula is C15H29N3O. The summed E-state index contributed by atoms with van der Waals surface area (Å²) in [6.45, 7) is 10.7. The third-order valence-electron chi connectivity index (χ3n) is 4.15. The van der Waals surface area contributed by atoms with Gasteiger partial charge in [0.15, 0.2) is 0 Å². The minimum absolute atomic E-state index is 0.119. The highest BCUT2D eigenvalue weighted by molar-refractivity contribution is 5.91. The molecule has 1 amide bonds. The van der Waals surface area contributed by atoms with Gasteiger partial charge in [-0.25, -0.2) is 0 Å². The smallest absolute Gasteiger partial charge is 0.244 e. The van der Waals surface area contributed by atoms with Gasteiger partial charge in [0.1, 0.15) is 0 Å². The van der Waals surface area contributed by atoms with Gasteiger partial charge in [0.2, 0.25) is 5.91 Å². The molecule has 1 heterocycles. The summed E-state index contributed by atoms with van der Waals surface area (Å²) < 4.78 is 0. The van der Waals surface area contributed by atoms with E-state index in [0.29, 0.717) is 11.8 Å². The predicted molar refractivity (Wildman–Crippen MR) is 77.8 cm³/mol. The van der Waals surface area contributed by atoms with Gasteiger partial charge < -0.3 is 9.80 Å². The van der Waals surface area contributed by atoms with Gasteiger partial charge in [-0.2, -0.15) is 0 Å². The first-order chi connectivity index (χ1) is 8.67. The van der Waals surface area contributed by atoms with Crippen molar-refractivity contribution in [3.63, 3.8) is 0 Å². The van der Waals surface area contributed by atoms with E-state index in [1.54, 1.807) is 0 Å². The van der Waals surface area contributed by atoms with E-state index >= 15 is 0 Å². The van der Waals surface area contributed by atoms with Gasteiger partial charge in [0.05, 0.1) is 11.7 Å². The van der Waals surface area contributed by atoms with Crippen molar-refractivity contribution in [1.29, 1.82) is 0 Å². The first kappa shape index (κ1) is 14.8. The highest BCUT2D eigenvalue weighted by Gasteiger charge is 2.59. The van der Waals surface area contributed by atoms with Crippen molar-refractivity contribution in [2.24, 2.45) is 11.3 Å². The summed E-state index contributed by atoms with van der Waals surface area (Å²) in [5.41, 5.74) is -0.0719. The van der Waals surface area contributed by atoms with Crippen LogP contribution in [0.15, 0.2) is 0 Å². The van der Waals surface area contributed by atoms with Crippen LogP contribution in [0.25, 0.3) is 0 Å². The van der Waals surface area contributed by atoms with Crippen LogP contribution in [0.3, 0.4) is 0 Å². The van der Waals surface area contributed by atoms with E-state index in [0.717, 1.165) is 25.9 Å². The number of hydrogen-bond acceptors (Lipinski definition) is 3. The lowest BCUT2D eigenvalue weighted by Gasteiger charge is -2.36. The molecule has 4 heteroatoms. The maximum Gasteiger partial charge on any atom is 0.244 e. The molecule has 0 aromatic carbocycles. The zero-order valence-electron chi connectivity index (χ0n) is 13.3. The molecule has 1 aliphatic carbocycles. The zero-order chi connectivity index (χ0) is 14.4. The van der Waals surface area contributed by atoms with E-state index in [2.05, 4.69) is 56.9 Å². The molecule has 4 nitrogen and oxygen atoms in total. The summed E-state index contributed by atoms with van der Waals surface area (Å²) in [7, 11) is 4.18. The van der Waals surface area contributed by atoms with Crippen LogP contribution in [-0.4, -0.2) is 54.6 Å². The fourth-order valence-corrected chi connectivity index (χ4v) is 3.37. The quantitative estimate of drug-likeness (QED) is 0.820. The molecular weight excluding hydrogens is 238 g/mol. The Morgan fingerprint density at radius 2 is 2.00 bits per heavy atom. The number of amides is 1. The zero-order valence-corrected chi connectivity index (χ0v) is 13.3. The van der Waals surface area contributed by atoms with Crippen molar-refractivity contribution >= 4 is 5.91 Å². The highest BCUT2D eigenvalue weighted by atomic mass is 16.2. The van der Waals surface area contributed by atoms with Crippen LogP contribution < -0.4 is 5.32 Å². The van der Waals surface area contributed by atoms with Crippen LogP contribution >= 0.6 is 0 Å². The van der Waals surface area contributed by atoms with Gasteiger partial charge in [-0.15, -0.1) is 0 Å². The molecule has 1 spiro atoms. The molecule has 0 aromatic rings. The number of carbonyl (C=O) groups excluding carboxylic acids is 1. The lowest BCUT2D eigenvalue weighted by atomic mass is 9.91. The number of hydrogen-bond donors (Lipinski definition) is 1. The maximum atomic E-state index is 12.6. The summed E-state index contributed by atoms with van der Waals surface area (Å²) in [6.07, 6.45) is 2.23. The first-order valence-corrected chi connectivity index (χ1v) is 7.40. The van der Waals surface area contributed by atoms with E-state index in [9.17, 15) is 4.79 Å². The number of nitrogens with one attached hydrogen (secondary N) is 1. The second kappa shape index (κ2) is 4.74. The van der Waals surface area contributed by atoms with Crippen LogP contribution in [0.1, 0.15) is 40.5 Å². The molecule has 2 fully saturated rings. The third-order valence-corrected chi connectivity index (χ3v) is 4.15. The predicted octanol–water partition coefficient (Wildman–Crippen LogP) is 1.52. The van der Waals surface area contributed by atoms with E-state index in [1.807, 2.05) is 0 Å². The summed E-state index contributed by atoms with van der Waals surface area (Å²) in [5.74, 6) is 0.789. The molecule has 1 saturated carbocycles. The number of nitrogens with zero attached hydrogens (tertiary/aromatic N) is 2. The molecule has 1 atom stereocenters.